The number of aromatic hydroxyl groups is 1. The highest BCUT2D eigenvalue weighted by molar-refractivity contribution is 5.94. The SMILES string of the molecule is CC(C)(c1ccc(Oc2c(N3N4c5ccccc5[N+]43C)cc(C(C)(C)c3ccc(Oc4c(-n5nc6ccccc6n5)cc(C(C)(C)C5C=CC=CC5)cc4C(C)(C)c4ccccc4)cc3)cc2C(C)(C)c2ccccc2)cc1)c1cc(N=Nc2ccccc2[N+](=O)[O-])c(O)c(C(C)(C)c2ccccc2)c1. The molecule has 3 aliphatic rings. The molecule has 11 aromatic carbocycles. The average Bonchev–Trinajstić information content (AvgIpc) is 1.47. The van der Waals surface area contributed by atoms with Gasteiger partial charge < -0.3 is 14.6 Å². The van der Waals surface area contributed by atoms with Gasteiger partial charge in [0.15, 0.2) is 28.6 Å². The van der Waals surface area contributed by atoms with Gasteiger partial charge in [0.25, 0.3) is 5.69 Å². The number of hydrogen-bond donors (Lipinski definition) is 1. The molecule has 15 rings (SSSR count). The van der Waals surface area contributed by atoms with Gasteiger partial charge in [0, 0.05) is 55.9 Å². The fourth-order valence-electron chi connectivity index (χ4n) is 15.6. The summed E-state index contributed by atoms with van der Waals surface area (Å²) in [7, 11) is 2.22. The van der Waals surface area contributed by atoms with Crippen molar-refractivity contribution in [1.82, 2.24) is 19.7 Å². The molecule has 526 valence electrons. The predicted octanol–water partition coefficient (Wildman–Crippen LogP) is 23.1. The second-order valence-corrected chi connectivity index (χ2v) is 31.4. The van der Waals surface area contributed by atoms with Crippen molar-refractivity contribution < 1.29 is 19.5 Å². The van der Waals surface area contributed by atoms with Crippen LogP contribution in [0.5, 0.6) is 28.7 Å². The molecule has 2 unspecified atom stereocenters. The second kappa shape index (κ2) is 25.9. The molecule has 2 atom stereocenters. The van der Waals surface area contributed by atoms with Crippen LogP contribution in [0.25, 0.3) is 16.7 Å². The van der Waals surface area contributed by atoms with Crippen LogP contribution in [0.4, 0.5) is 34.1 Å². The van der Waals surface area contributed by atoms with Gasteiger partial charge in [0.05, 0.1) is 4.92 Å². The van der Waals surface area contributed by atoms with Gasteiger partial charge in [-0.1, -0.05) is 277 Å². The quantitative estimate of drug-likeness (QED) is 0.0244. The number of nitro benzene ring substituents is 1. The number of hydrogen-bond acceptors (Lipinski definition) is 11. The molecule has 1 N–H and O–H groups in total. The fraction of sp³-hybridized carbons (Fsp3) is 0.231. The first-order chi connectivity index (χ1) is 50.2. The summed E-state index contributed by atoms with van der Waals surface area (Å²) in [6.45, 7) is 26.9. The van der Waals surface area contributed by atoms with E-state index in [0.717, 1.165) is 90.3 Å². The van der Waals surface area contributed by atoms with Crippen LogP contribution >= 0.6 is 0 Å². The van der Waals surface area contributed by atoms with Crippen LogP contribution in [0, 0.1) is 16.0 Å². The molecule has 12 aromatic rings. The van der Waals surface area contributed by atoms with Crippen LogP contribution < -0.4 is 24.4 Å². The Morgan fingerprint density at radius 2 is 0.876 bits per heavy atom. The standard InChI is InChI=1S/C91H87N9O5/c1-86(2,60-32-18-14-19-33-60)67-55-72(90(9,10)62-36-22-16-23-37-62)84(80(58-67)96-94-74-40-26-27-41-75(74)95-96)104-69-50-48-65(49-51-69)88(5,6)68-56-73(91(11,12)63-38-24-17-25-39-63)85(81(59-68)98-97-79-44-30-31-45-82(79)100(97,98)13)105-70-52-46-64(47-53-70)87(3,4)66-54-71(89(7,8)61-34-20-15-21-35-61)83(101)77(57-66)93-92-76-42-28-29-43-78(76)99(102)103/h14-32,34-60H,33H2,1-13H3/p+1. The molecule has 1 saturated heterocycles. The lowest BCUT2D eigenvalue weighted by Gasteiger charge is -2.36. The number of azo groups is 1. The van der Waals surface area contributed by atoms with Crippen molar-refractivity contribution >= 4 is 45.2 Å². The number of quaternary nitrogens is 1. The molecule has 3 heterocycles. The van der Waals surface area contributed by atoms with E-state index in [9.17, 15) is 15.2 Å². The fourth-order valence-corrected chi connectivity index (χ4v) is 15.6. The number of allylic oxidation sites excluding steroid dienone is 4. The molecule has 0 radical (unpaired) electrons. The van der Waals surface area contributed by atoms with Crippen LogP contribution in [-0.4, -0.2) is 32.1 Å². The van der Waals surface area contributed by atoms with Gasteiger partial charge >= 0.3 is 0 Å². The number of aromatic nitrogens is 3. The van der Waals surface area contributed by atoms with E-state index in [4.69, 9.17) is 19.7 Å². The van der Waals surface area contributed by atoms with Crippen molar-refractivity contribution in [1.29, 1.82) is 0 Å². The van der Waals surface area contributed by atoms with Gasteiger partial charge in [0.1, 0.15) is 46.7 Å². The molecule has 1 aliphatic carbocycles. The van der Waals surface area contributed by atoms with Crippen LogP contribution in [-0.2, 0) is 32.5 Å². The van der Waals surface area contributed by atoms with E-state index in [1.807, 2.05) is 78.9 Å². The zero-order valence-electron chi connectivity index (χ0n) is 61.9. The Bertz CT molecular complexity index is 5390. The zero-order chi connectivity index (χ0) is 73.6. The maximum atomic E-state index is 12.2. The Morgan fingerprint density at radius 3 is 1.40 bits per heavy atom. The minimum atomic E-state index is -0.695. The molecule has 0 spiro atoms. The highest BCUT2D eigenvalue weighted by atomic mass is 16.6. The van der Waals surface area contributed by atoms with Crippen molar-refractivity contribution in [2.24, 2.45) is 16.1 Å². The molecular weight excluding hydrogens is 1300 g/mol. The number of fused-ring (bicyclic) bond motifs is 5. The molecule has 14 nitrogen and oxygen atoms in total. The summed E-state index contributed by atoms with van der Waals surface area (Å²) in [6.07, 6.45) is 9.84. The van der Waals surface area contributed by atoms with E-state index in [1.54, 1.807) is 23.0 Å². The lowest BCUT2D eigenvalue weighted by molar-refractivity contribution is -0.384. The Labute approximate surface area is 615 Å². The number of rotatable bonds is 21. The third-order valence-electron chi connectivity index (χ3n) is 22.9. The first-order valence-corrected chi connectivity index (χ1v) is 36.1. The van der Waals surface area contributed by atoms with Crippen molar-refractivity contribution in [2.75, 3.05) is 17.3 Å². The zero-order valence-corrected chi connectivity index (χ0v) is 61.9. The predicted molar refractivity (Wildman–Crippen MR) is 422 cm³/mol. The number of nitro groups is 1. The summed E-state index contributed by atoms with van der Waals surface area (Å²) in [5, 5.41) is 48.2. The summed E-state index contributed by atoms with van der Waals surface area (Å²) >= 11 is 0. The Morgan fingerprint density at radius 1 is 0.448 bits per heavy atom. The van der Waals surface area contributed by atoms with E-state index in [1.165, 1.54) is 17.3 Å². The minimum Gasteiger partial charge on any atom is -0.505 e. The van der Waals surface area contributed by atoms with E-state index in [0.29, 0.717) is 27.5 Å². The lowest BCUT2D eigenvalue weighted by atomic mass is 9.68. The molecule has 0 saturated carbocycles. The molecule has 1 fully saturated rings. The topological polar surface area (TPSA) is 143 Å². The van der Waals surface area contributed by atoms with Crippen LogP contribution in [0.3, 0.4) is 0 Å². The van der Waals surface area contributed by atoms with Gasteiger partial charge in [-0.15, -0.1) is 25.2 Å². The molecule has 2 aliphatic heterocycles. The number of phenols is 1. The first-order valence-electron chi connectivity index (χ1n) is 36.1. The van der Waals surface area contributed by atoms with Crippen LogP contribution in [0.1, 0.15) is 151 Å². The molecule has 14 heteroatoms. The number of nitrogens with zero attached hydrogens (tertiary/aromatic N) is 9. The molecule has 105 heavy (non-hydrogen) atoms. The summed E-state index contributed by atoms with van der Waals surface area (Å²) in [5.74, 6) is 2.93. The maximum absolute atomic E-state index is 12.2. The Kier molecular flexibility index (Phi) is 17.0. The van der Waals surface area contributed by atoms with E-state index >= 15 is 0 Å². The third kappa shape index (κ3) is 12.0. The number of para-hydroxylation sites is 3. The van der Waals surface area contributed by atoms with Crippen molar-refractivity contribution in [2.45, 2.75) is 122 Å². The largest absolute Gasteiger partial charge is 0.505 e. The molecule has 1 aromatic heterocycles. The van der Waals surface area contributed by atoms with Crippen molar-refractivity contribution in [3.05, 3.63) is 344 Å². The van der Waals surface area contributed by atoms with Gasteiger partial charge in [-0.3, -0.25) is 10.1 Å². The Balaban J connectivity index is 0.827. The lowest BCUT2D eigenvalue weighted by Crippen LogP contribution is -2.35. The highest BCUT2D eigenvalue weighted by Gasteiger charge is 2.75. The maximum Gasteiger partial charge on any atom is 0.296 e. The highest BCUT2D eigenvalue weighted by Crippen LogP contribution is 2.64. The minimum absolute atomic E-state index is 0.0584. The summed E-state index contributed by atoms with van der Waals surface area (Å²) in [5.41, 5.74) is 13.4. The van der Waals surface area contributed by atoms with Crippen LogP contribution in [0.2, 0.25) is 0 Å². The van der Waals surface area contributed by atoms with Crippen molar-refractivity contribution in [3.63, 3.8) is 0 Å². The van der Waals surface area contributed by atoms with Gasteiger partial charge in [-0.25, -0.2) is 0 Å². The number of phenolic OH excluding ortho intramolecular Hbond substituents is 1. The van der Waals surface area contributed by atoms with E-state index in [-0.39, 0.29) is 34.1 Å². The van der Waals surface area contributed by atoms with E-state index < -0.39 is 32.0 Å². The number of anilines is 2. The van der Waals surface area contributed by atoms with Gasteiger partial charge in [-0.05, 0) is 144 Å². The smallest absolute Gasteiger partial charge is 0.296 e. The average molecular weight is 1390 g/mol. The molecular formula is C91H88N9O5+. The first kappa shape index (κ1) is 69.0. The molecule has 0 amide bonds. The number of ether oxygens (including phenoxy) is 2. The number of benzene rings is 11. The third-order valence-corrected chi connectivity index (χ3v) is 22.9. The molecule has 0 bridgehead atoms. The summed E-state index contributed by atoms with van der Waals surface area (Å²) in [6, 6.07) is 84.2. The summed E-state index contributed by atoms with van der Waals surface area (Å²) < 4.78 is 15.4. The second-order valence-electron chi connectivity index (χ2n) is 31.4. The van der Waals surface area contributed by atoms with Crippen LogP contribution in [0.15, 0.2) is 283 Å². The van der Waals surface area contributed by atoms with Gasteiger partial charge in [0.2, 0.25) is 5.69 Å². The summed E-state index contributed by atoms with van der Waals surface area (Å²) in [4.78, 5) is 13.4. The van der Waals surface area contributed by atoms with Crippen molar-refractivity contribution in [3.8, 4) is 34.4 Å². The monoisotopic (exact) mass is 1390 g/mol. The normalized spacial score (nSPS) is 15.9. The number of hydrazine groups is 1. The van der Waals surface area contributed by atoms with Gasteiger partial charge in [-0.2, -0.15) is 0 Å². The van der Waals surface area contributed by atoms with E-state index in [2.05, 4.69) is 280 Å². The Hall–Kier alpha value is -11.7.